The monoisotopic (exact) mass is 583 g/mol. The minimum Gasteiger partial charge on any atom is -0.463 e. The normalized spacial score (nSPS) is 16.2. The fourth-order valence-electron chi connectivity index (χ4n) is 5.67. The van der Waals surface area contributed by atoms with E-state index in [0.717, 1.165) is 34.0 Å². The van der Waals surface area contributed by atoms with E-state index in [-0.39, 0.29) is 19.0 Å². The molecule has 2 aromatic carbocycles. The third-order valence-electron chi connectivity index (χ3n) is 7.81. The molecule has 0 saturated carbocycles. The molecule has 0 amide bonds. The fourth-order valence-corrected chi connectivity index (χ4v) is 6.70. The van der Waals surface area contributed by atoms with Gasteiger partial charge in [0, 0.05) is 23.1 Å². The second-order valence-electron chi connectivity index (χ2n) is 10.8. The maximum Gasteiger partial charge on any atom is 0.338 e. The van der Waals surface area contributed by atoms with Crippen LogP contribution in [0.15, 0.2) is 69.6 Å². The Kier molecular flexibility index (Phi) is 7.14. The average molecular weight is 584 g/mol. The van der Waals surface area contributed by atoms with Crippen molar-refractivity contribution in [2.75, 3.05) is 13.4 Å². The van der Waals surface area contributed by atoms with Crippen LogP contribution in [0.2, 0.25) is 0 Å². The highest BCUT2D eigenvalue weighted by Crippen LogP contribution is 2.35. The molecule has 0 spiro atoms. The molecule has 0 bridgehead atoms. The van der Waals surface area contributed by atoms with E-state index in [1.54, 1.807) is 18.4 Å². The molecule has 0 fully saturated rings. The van der Waals surface area contributed by atoms with Crippen LogP contribution in [-0.4, -0.2) is 28.5 Å². The molecule has 2 aromatic heterocycles. The van der Waals surface area contributed by atoms with Gasteiger partial charge in [0.2, 0.25) is 6.79 Å². The first kappa shape index (κ1) is 27.8. The molecule has 42 heavy (non-hydrogen) atoms. The van der Waals surface area contributed by atoms with E-state index in [2.05, 4.69) is 36.6 Å². The minimum absolute atomic E-state index is 0.195. The van der Waals surface area contributed by atoms with Gasteiger partial charge in [-0.3, -0.25) is 9.36 Å². The number of esters is 1. The number of allylic oxidation sites excluding steroid dienone is 1. The van der Waals surface area contributed by atoms with Crippen molar-refractivity contribution in [3.8, 4) is 17.2 Å². The number of hydrogen-bond donors (Lipinski definition) is 0. The third kappa shape index (κ3) is 4.67. The predicted octanol–water partition coefficient (Wildman–Crippen LogP) is 5.06. The number of rotatable bonds is 6. The lowest BCUT2D eigenvalue weighted by atomic mass is 9.93. The van der Waals surface area contributed by atoms with Gasteiger partial charge in [-0.2, -0.15) is 0 Å². The highest BCUT2D eigenvalue weighted by atomic mass is 32.1. The lowest BCUT2D eigenvalue weighted by Crippen LogP contribution is -2.39. The average Bonchev–Trinajstić information content (AvgIpc) is 3.63. The standard InChI is InChI=1S/C33H33N3O5S/c1-7-39-32(38)29-20(5)34-33-36(30(29)23-10-8-22(9-11-23)18(2)3)31(37)28(42-33)15-24-14-19(4)35(21(24)6)25-12-13-26-27(16-25)41-17-40-26/h8-16,18,30H,7,17H2,1-6H3/b28-15+/t30-/m1/s1. The summed E-state index contributed by atoms with van der Waals surface area (Å²) in [5.74, 6) is 1.34. The second kappa shape index (κ2) is 10.8. The maximum absolute atomic E-state index is 14.1. The van der Waals surface area contributed by atoms with E-state index < -0.39 is 12.0 Å². The molecular weight excluding hydrogens is 550 g/mol. The lowest BCUT2D eigenvalue weighted by molar-refractivity contribution is -0.139. The largest absolute Gasteiger partial charge is 0.463 e. The van der Waals surface area contributed by atoms with E-state index in [9.17, 15) is 9.59 Å². The molecule has 216 valence electrons. The SMILES string of the molecule is CCOC(=O)C1=C(C)N=c2s/c(=C/c3cc(C)n(-c4ccc5c(c4)OCO5)c3C)c(=O)n2[C@@H]1c1ccc(C(C)C)cc1. The Bertz CT molecular complexity index is 1930. The number of aryl methyl sites for hydroxylation is 1. The molecule has 6 rings (SSSR count). The molecule has 4 aromatic rings. The van der Waals surface area contributed by atoms with Crippen molar-refractivity contribution in [3.05, 3.63) is 108 Å². The summed E-state index contributed by atoms with van der Waals surface area (Å²) >= 11 is 1.33. The van der Waals surface area contributed by atoms with Crippen LogP contribution in [0.5, 0.6) is 11.5 Å². The highest BCUT2D eigenvalue weighted by molar-refractivity contribution is 7.07. The molecule has 0 N–H and O–H groups in total. The van der Waals surface area contributed by atoms with Crippen LogP contribution in [0.1, 0.15) is 67.7 Å². The van der Waals surface area contributed by atoms with Gasteiger partial charge in [-0.15, -0.1) is 0 Å². The summed E-state index contributed by atoms with van der Waals surface area (Å²) in [5, 5.41) is 0. The van der Waals surface area contributed by atoms with Crippen LogP contribution >= 0.6 is 11.3 Å². The molecule has 2 aliphatic heterocycles. The van der Waals surface area contributed by atoms with Crippen molar-refractivity contribution >= 4 is 23.4 Å². The number of benzene rings is 2. The minimum atomic E-state index is -0.635. The number of carbonyl (C=O) groups is 1. The van der Waals surface area contributed by atoms with E-state index >= 15 is 0 Å². The van der Waals surface area contributed by atoms with Crippen molar-refractivity contribution in [2.45, 2.75) is 53.5 Å². The number of aromatic nitrogens is 2. The Morgan fingerprint density at radius 1 is 1.10 bits per heavy atom. The molecule has 0 saturated heterocycles. The highest BCUT2D eigenvalue weighted by Gasteiger charge is 2.33. The van der Waals surface area contributed by atoms with Gasteiger partial charge >= 0.3 is 5.97 Å². The Labute approximate surface area is 247 Å². The van der Waals surface area contributed by atoms with Gasteiger partial charge in [-0.1, -0.05) is 49.4 Å². The summed E-state index contributed by atoms with van der Waals surface area (Å²) in [6.07, 6.45) is 1.91. The van der Waals surface area contributed by atoms with Gasteiger partial charge in [0.1, 0.15) is 0 Å². The Balaban J connectivity index is 1.48. The number of ether oxygens (including phenoxy) is 3. The van der Waals surface area contributed by atoms with E-state index in [0.29, 0.717) is 32.3 Å². The lowest BCUT2D eigenvalue weighted by Gasteiger charge is -2.25. The van der Waals surface area contributed by atoms with Crippen molar-refractivity contribution in [1.29, 1.82) is 0 Å². The number of fused-ring (bicyclic) bond motifs is 2. The number of thiazole rings is 1. The van der Waals surface area contributed by atoms with Crippen molar-refractivity contribution < 1.29 is 19.0 Å². The summed E-state index contributed by atoms with van der Waals surface area (Å²) in [6, 6.07) is 15.4. The van der Waals surface area contributed by atoms with Crippen molar-refractivity contribution in [1.82, 2.24) is 9.13 Å². The molecule has 9 heteroatoms. The smallest absolute Gasteiger partial charge is 0.338 e. The van der Waals surface area contributed by atoms with Crippen LogP contribution < -0.4 is 24.4 Å². The maximum atomic E-state index is 14.1. The van der Waals surface area contributed by atoms with Crippen LogP contribution in [0, 0.1) is 13.8 Å². The second-order valence-corrected chi connectivity index (χ2v) is 11.8. The van der Waals surface area contributed by atoms with Gasteiger partial charge in [0.15, 0.2) is 16.3 Å². The summed E-state index contributed by atoms with van der Waals surface area (Å²) < 4.78 is 20.8. The topological polar surface area (TPSA) is 84.1 Å². The number of hydrogen-bond acceptors (Lipinski definition) is 7. The van der Waals surface area contributed by atoms with Gasteiger partial charge < -0.3 is 18.8 Å². The predicted molar refractivity (Wildman–Crippen MR) is 162 cm³/mol. The van der Waals surface area contributed by atoms with Crippen molar-refractivity contribution in [2.24, 2.45) is 4.99 Å². The molecule has 0 unspecified atom stereocenters. The summed E-state index contributed by atoms with van der Waals surface area (Å²) in [5.41, 5.74) is 6.65. The molecular formula is C33H33N3O5S. The van der Waals surface area contributed by atoms with Gasteiger partial charge in [-0.05, 0) is 74.6 Å². The molecule has 2 aliphatic rings. The van der Waals surface area contributed by atoms with Crippen LogP contribution in [0.4, 0.5) is 0 Å². The first-order valence-electron chi connectivity index (χ1n) is 14.1. The molecule has 0 radical (unpaired) electrons. The quantitative estimate of drug-likeness (QED) is 0.297. The van der Waals surface area contributed by atoms with Gasteiger partial charge in [-0.25, -0.2) is 9.79 Å². The Morgan fingerprint density at radius 2 is 1.83 bits per heavy atom. The summed E-state index contributed by atoms with van der Waals surface area (Å²) in [4.78, 5) is 32.5. The van der Waals surface area contributed by atoms with Crippen molar-refractivity contribution in [3.63, 3.8) is 0 Å². The fraction of sp³-hybridized carbons (Fsp3) is 0.303. The third-order valence-corrected chi connectivity index (χ3v) is 8.79. The Morgan fingerprint density at radius 3 is 2.55 bits per heavy atom. The van der Waals surface area contributed by atoms with E-state index in [1.165, 1.54) is 16.9 Å². The van der Waals surface area contributed by atoms with Crippen LogP contribution in [-0.2, 0) is 9.53 Å². The van der Waals surface area contributed by atoms with Gasteiger partial charge in [0.25, 0.3) is 5.56 Å². The number of carbonyl (C=O) groups excluding carboxylic acids is 1. The number of nitrogens with zero attached hydrogens (tertiary/aromatic N) is 3. The van der Waals surface area contributed by atoms with E-state index in [1.807, 2.05) is 50.3 Å². The molecule has 0 aliphatic carbocycles. The van der Waals surface area contributed by atoms with Crippen LogP contribution in [0.25, 0.3) is 11.8 Å². The first-order valence-corrected chi connectivity index (χ1v) is 14.9. The zero-order valence-corrected chi connectivity index (χ0v) is 25.4. The van der Waals surface area contributed by atoms with E-state index in [4.69, 9.17) is 19.2 Å². The zero-order valence-electron chi connectivity index (χ0n) is 24.6. The molecule has 1 atom stereocenters. The zero-order chi connectivity index (χ0) is 29.7. The first-order chi connectivity index (χ1) is 20.2. The summed E-state index contributed by atoms with van der Waals surface area (Å²) in [6.45, 7) is 12.4. The molecule has 8 nitrogen and oxygen atoms in total. The van der Waals surface area contributed by atoms with Crippen LogP contribution in [0.3, 0.4) is 0 Å². The Hall–Kier alpha value is -4.37. The molecule has 4 heterocycles. The van der Waals surface area contributed by atoms with Gasteiger partial charge in [0.05, 0.1) is 28.5 Å². The summed E-state index contributed by atoms with van der Waals surface area (Å²) in [7, 11) is 0.